The molecule has 0 unspecified atom stereocenters. The van der Waals surface area contributed by atoms with Crippen molar-refractivity contribution >= 4 is 38.6 Å². The van der Waals surface area contributed by atoms with Gasteiger partial charge < -0.3 is 9.72 Å². The Hall–Kier alpha value is -3.72. The van der Waals surface area contributed by atoms with Crippen molar-refractivity contribution in [3.8, 4) is 5.88 Å². The smallest absolute Gasteiger partial charge is 0.263 e. The zero-order chi connectivity index (χ0) is 20.3. The molecule has 0 aliphatic carbocycles. The van der Waals surface area contributed by atoms with Gasteiger partial charge in [-0.05, 0) is 36.4 Å². The highest BCUT2D eigenvalue weighted by Crippen LogP contribution is 2.21. The second-order valence-electron chi connectivity index (χ2n) is 6.11. The summed E-state index contributed by atoms with van der Waals surface area (Å²) in [6.07, 6.45) is 3.63. The molecular weight excluding hydrogens is 390 g/mol. The number of aliphatic imine (C=N–C) groups is 1. The molecule has 0 atom stereocenters. The van der Waals surface area contributed by atoms with Gasteiger partial charge in [0.1, 0.15) is 0 Å². The predicted octanol–water partition coefficient (Wildman–Crippen LogP) is 3.52. The number of nitrogens with zero attached hydrogens (tertiary/aromatic N) is 3. The van der Waals surface area contributed by atoms with Crippen molar-refractivity contribution in [3.05, 3.63) is 72.4 Å². The topological polar surface area (TPSA) is 109 Å². The van der Waals surface area contributed by atoms with E-state index in [9.17, 15) is 8.42 Å². The van der Waals surface area contributed by atoms with E-state index in [0.717, 1.165) is 16.5 Å². The van der Waals surface area contributed by atoms with Gasteiger partial charge in [-0.1, -0.05) is 18.2 Å². The number of benzene rings is 2. The highest BCUT2D eigenvalue weighted by molar-refractivity contribution is 7.92. The predicted molar refractivity (Wildman–Crippen MR) is 111 cm³/mol. The van der Waals surface area contributed by atoms with Crippen molar-refractivity contribution in [2.45, 2.75) is 4.90 Å². The molecule has 0 spiro atoms. The number of hydrogen-bond donors (Lipinski definition) is 2. The second kappa shape index (κ2) is 7.72. The minimum Gasteiger partial charge on any atom is -0.480 e. The third-order valence-electron chi connectivity index (χ3n) is 4.21. The number of aromatic nitrogens is 3. The Balaban J connectivity index is 1.50. The largest absolute Gasteiger partial charge is 0.480 e. The van der Waals surface area contributed by atoms with Gasteiger partial charge in [0.05, 0.1) is 17.7 Å². The minimum atomic E-state index is -3.79. The maximum Gasteiger partial charge on any atom is 0.263 e. The number of aromatic amines is 1. The fourth-order valence-electron chi connectivity index (χ4n) is 2.74. The maximum absolute atomic E-state index is 12.5. The van der Waals surface area contributed by atoms with Crippen molar-refractivity contribution in [1.29, 1.82) is 0 Å². The lowest BCUT2D eigenvalue weighted by molar-refractivity contribution is 0.392. The van der Waals surface area contributed by atoms with Gasteiger partial charge in [-0.3, -0.25) is 9.71 Å². The number of fused-ring (bicyclic) bond motifs is 1. The van der Waals surface area contributed by atoms with Crippen LogP contribution >= 0.6 is 0 Å². The molecule has 0 fully saturated rings. The number of ether oxygens (including phenoxy) is 1. The standard InChI is InChI=1S/C20H17N5O3S/c1-28-20-11-10-19(23-24-20)25-29(26,27)16-8-6-15(7-9-16)21-12-14-13-22-18-5-3-2-4-17(14)18/h2-13,22H,1H3,(H,23,25). The lowest BCUT2D eigenvalue weighted by Gasteiger charge is -2.07. The van der Waals surface area contributed by atoms with Gasteiger partial charge in [-0.2, -0.15) is 0 Å². The van der Waals surface area contributed by atoms with Crippen LogP contribution in [0.25, 0.3) is 10.9 Å². The molecule has 4 rings (SSSR count). The zero-order valence-electron chi connectivity index (χ0n) is 15.4. The Bertz CT molecular complexity index is 1260. The third-order valence-corrected chi connectivity index (χ3v) is 5.58. The molecule has 146 valence electrons. The van der Waals surface area contributed by atoms with E-state index in [1.807, 2.05) is 30.5 Å². The average Bonchev–Trinajstić information content (AvgIpc) is 3.16. The molecule has 0 saturated heterocycles. The summed E-state index contributed by atoms with van der Waals surface area (Å²) in [6, 6.07) is 17.2. The van der Waals surface area contributed by atoms with Crippen LogP contribution in [0.4, 0.5) is 11.5 Å². The molecule has 0 radical (unpaired) electrons. The van der Waals surface area contributed by atoms with Gasteiger partial charge in [-0.15, -0.1) is 10.2 Å². The van der Waals surface area contributed by atoms with Crippen molar-refractivity contribution in [3.63, 3.8) is 0 Å². The van der Waals surface area contributed by atoms with E-state index in [4.69, 9.17) is 4.74 Å². The van der Waals surface area contributed by atoms with Crippen LogP contribution < -0.4 is 9.46 Å². The fourth-order valence-corrected chi connectivity index (χ4v) is 3.73. The summed E-state index contributed by atoms with van der Waals surface area (Å²) >= 11 is 0. The van der Waals surface area contributed by atoms with Gasteiger partial charge in [0.2, 0.25) is 5.88 Å². The van der Waals surface area contributed by atoms with Crippen LogP contribution in [0, 0.1) is 0 Å². The average molecular weight is 407 g/mol. The minimum absolute atomic E-state index is 0.0983. The number of sulfonamides is 1. The molecule has 0 bridgehead atoms. The van der Waals surface area contributed by atoms with Gasteiger partial charge >= 0.3 is 0 Å². The van der Waals surface area contributed by atoms with Crippen molar-refractivity contribution in [1.82, 2.24) is 15.2 Å². The number of para-hydroxylation sites is 1. The van der Waals surface area contributed by atoms with Gasteiger partial charge in [0.15, 0.2) is 5.82 Å². The van der Waals surface area contributed by atoms with Crippen LogP contribution in [-0.4, -0.2) is 36.9 Å². The number of nitrogens with one attached hydrogen (secondary N) is 2. The second-order valence-corrected chi connectivity index (χ2v) is 7.79. The summed E-state index contributed by atoms with van der Waals surface area (Å²) in [6.45, 7) is 0. The van der Waals surface area contributed by atoms with Crippen molar-refractivity contribution in [2.75, 3.05) is 11.8 Å². The molecule has 2 aromatic carbocycles. The molecule has 2 heterocycles. The number of hydrogen-bond acceptors (Lipinski definition) is 6. The summed E-state index contributed by atoms with van der Waals surface area (Å²) in [5.74, 6) is 0.401. The molecule has 2 N–H and O–H groups in total. The third kappa shape index (κ3) is 4.09. The van der Waals surface area contributed by atoms with Gasteiger partial charge in [0.25, 0.3) is 10.0 Å². The summed E-state index contributed by atoms with van der Waals surface area (Å²) in [7, 11) is -2.33. The quantitative estimate of drug-likeness (QED) is 0.475. The number of anilines is 1. The van der Waals surface area contributed by atoms with E-state index in [1.54, 1.807) is 18.3 Å². The molecule has 0 amide bonds. The van der Waals surface area contributed by atoms with E-state index in [1.165, 1.54) is 31.4 Å². The summed E-state index contributed by atoms with van der Waals surface area (Å²) in [5, 5.41) is 8.58. The van der Waals surface area contributed by atoms with E-state index in [0.29, 0.717) is 11.6 Å². The number of rotatable bonds is 6. The van der Waals surface area contributed by atoms with Crippen molar-refractivity contribution in [2.24, 2.45) is 4.99 Å². The first-order chi connectivity index (χ1) is 14.0. The van der Waals surface area contributed by atoms with Gasteiger partial charge in [-0.25, -0.2) is 8.42 Å². The Labute approximate surface area is 167 Å². The lowest BCUT2D eigenvalue weighted by atomic mass is 10.2. The fraction of sp³-hybridized carbons (Fsp3) is 0.0500. The summed E-state index contributed by atoms with van der Waals surface area (Å²) in [4.78, 5) is 7.71. The Morgan fingerprint density at radius 2 is 1.83 bits per heavy atom. The Morgan fingerprint density at radius 1 is 1.03 bits per heavy atom. The van der Waals surface area contributed by atoms with Gasteiger partial charge in [0, 0.05) is 34.9 Å². The van der Waals surface area contributed by atoms with E-state index < -0.39 is 10.0 Å². The molecule has 8 nitrogen and oxygen atoms in total. The molecular formula is C20H17N5O3S. The maximum atomic E-state index is 12.5. The van der Waals surface area contributed by atoms with E-state index >= 15 is 0 Å². The highest BCUT2D eigenvalue weighted by Gasteiger charge is 2.15. The van der Waals surface area contributed by atoms with Crippen LogP contribution in [-0.2, 0) is 10.0 Å². The number of methoxy groups -OCH3 is 1. The van der Waals surface area contributed by atoms with Crippen molar-refractivity contribution < 1.29 is 13.2 Å². The van der Waals surface area contributed by atoms with E-state index in [-0.39, 0.29) is 10.7 Å². The Morgan fingerprint density at radius 3 is 2.55 bits per heavy atom. The molecule has 2 aromatic heterocycles. The van der Waals surface area contributed by atoms with Crippen LogP contribution in [0.1, 0.15) is 5.56 Å². The molecule has 9 heteroatoms. The zero-order valence-corrected chi connectivity index (χ0v) is 16.2. The summed E-state index contributed by atoms with van der Waals surface area (Å²) in [5.41, 5.74) is 2.62. The molecule has 0 aliphatic heterocycles. The highest BCUT2D eigenvalue weighted by atomic mass is 32.2. The molecule has 0 aliphatic rings. The monoisotopic (exact) mass is 407 g/mol. The van der Waals surface area contributed by atoms with Crippen LogP contribution in [0.15, 0.2) is 76.7 Å². The lowest BCUT2D eigenvalue weighted by Crippen LogP contribution is -2.14. The summed E-state index contributed by atoms with van der Waals surface area (Å²) < 4.78 is 32.3. The van der Waals surface area contributed by atoms with Crippen LogP contribution in [0.5, 0.6) is 5.88 Å². The first-order valence-electron chi connectivity index (χ1n) is 8.66. The first kappa shape index (κ1) is 18.6. The van der Waals surface area contributed by atoms with Crippen LogP contribution in [0.3, 0.4) is 0 Å². The first-order valence-corrected chi connectivity index (χ1v) is 10.1. The molecule has 29 heavy (non-hydrogen) atoms. The van der Waals surface area contributed by atoms with Crippen LogP contribution in [0.2, 0.25) is 0 Å². The number of H-pyrrole nitrogens is 1. The molecule has 0 saturated carbocycles. The molecule has 4 aromatic rings. The Kier molecular flexibility index (Phi) is 4.96. The van der Waals surface area contributed by atoms with E-state index in [2.05, 4.69) is 24.9 Å². The normalized spacial score (nSPS) is 11.8. The SMILES string of the molecule is COc1ccc(NS(=O)(=O)c2ccc(N=Cc3c[nH]c4ccccc34)cc2)nn1.